The first-order valence-corrected chi connectivity index (χ1v) is 9.98. The molecule has 13 heteroatoms. The molecule has 31 heavy (non-hydrogen) atoms. The second kappa shape index (κ2) is 12.2. The summed E-state index contributed by atoms with van der Waals surface area (Å²) in [6.45, 7) is 1.06. The number of esters is 1. The van der Waals surface area contributed by atoms with Crippen LogP contribution in [0, 0.1) is 5.92 Å². The van der Waals surface area contributed by atoms with E-state index in [4.69, 9.17) is 20.9 Å². The summed E-state index contributed by atoms with van der Waals surface area (Å²) >= 11 is 0. The van der Waals surface area contributed by atoms with Crippen molar-refractivity contribution in [1.29, 1.82) is 0 Å². The molecule has 13 nitrogen and oxygen atoms in total. The molecule has 1 rings (SSSR count). The summed E-state index contributed by atoms with van der Waals surface area (Å²) in [5, 5.41) is 52.2. The molecular formula is C18H33N3O10. The van der Waals surface area contributed by atoms with Gasteiger partial charge in [0.15, 0.2) is 0 Å². The number of hydrogen-bond acceptors (Lipinski definition) is 11. The molecule has 0 aliphatic carbocycles. The minimum atomic E-state index is -2.77. The molecule has 0 aromatic heterocycles. The Balaban J connectivity index is 2.78. The molecule has 1 fully saturated rings. The van der Waals surface area contributed by atoms with E-state index < -0.39 is 79.6 Å². The molecule has 1 aliphatic heterocycles. The van der Waals surface area contributed by atoms with E-state index in [1.807, 2.05) is 0 Å². The maximum atomic E-state index is 11.9. The summed E-state index contributed by atoms with van der Waals surface area (Å²) < 4.78 is 10.1. The SMILES string of the molecule is CC(=O)N[C@@H](O)C1C(O)CC(O)(C(=O)O)OC1C[C@H](O)COC(=O)[C@H](N)CCCCN. The lowest BCUT2D eigenvalue weighted by Crippen LogP contribution is -2.61. The van der Waals surface area contributed by atoms with Gasteiger partial charge < -0.3 is 51.8 Å². The number of nitrogens with one attached hydrogen (secondary N) is 1. The first kappa shape index (κ1) is 27.2. The highest BCUT2D eigenvalue weighted by molar-refractivity contribution is 5.76. The van der Waals surface area contributed by atoms with E-state index >= 15 is 0 Å². The maximum absolute atomic E-state index is 11.9. The van der Waals surface area contributed by atoms with Gasteiger partial charge in [-0.2, -0.15) is 0 Å². The number of aliphatic carboxylic acids is 1. The highest BCUT2D eigenvalue weighted by Crippen LogP contribution is 2.35. The van der Waals surface area contributed by atoms with Crippen LogP contribution in [0.25, 0.3) is 0 Å². The van der Waals surface area contributed by atoms with E-state index in [0.29, 0.717) is 25.8 Å². The predicted octanol–water partition coefficient (Wildman–Crippen LogP) is -3.27. The average Bonchev–Trinajstić information content (AvgIpc) is 2.64. The van der Waals surface area contributed by atoms with Crippen molar-refractivity contribution in [3.8, 4) is 0 Å². The predicted molar refractivity (Wildman–Crippen MR) is 104 cm³/mol. The average molecular weight is 451 g/mol. The Morgan fingerprint density at radius 3 is 2.48 bits per heavy atom. The number of aliphatic hydroxyl groups is 4. The van der Waals surface area contributed by atoms with Crippen LogP contribution >= 0.6 is 0 Å². The normalized spacial score (nSPS) is 28.9. The lowest BCUT2D eigenvalue weighted by atomic mass is 9.83. The summed E-state index contributed by atoms with van der Waals surface area (Å²) in [5.74, 6) is -7.19. The second-order valence-electron chi connectivity index (χ2n) is 7.65. The third-order valence-corrected chi connectivity index (χ3v) is 4.95. The van der Waals surface area contributed by atoms with Crippen molar-refractivity contribution in [3.63, 3.8) is 0 Å². The third kappa shape index (κ3) is 8.29. The van der Waals surface area contributed by atoms with Crippen molar-refractivity contribution in [2.45, 2.75) is 75.4 Å². The van der Waals surface area contributed by atoms with Crippen LogP contribution in [0.3, 0.4) is 0 Å². The lowest BCUT2D eigenvalue weighted by molar-refractivity contribution is -0.297. The Labute approximate surface area is 179 Å². The van der Waals surface area contributed by atoms with E-state index in [9.17, 15) is 39.9 Å². The van der Waals surface area contributed by atoms with Gasteiger partial charge in [-0.25, -0.2) is 4.79 Å². The van der Waals surface area contributed by atoms with E-state index in [1.165, 1.54) is 0 Å². The van der Waals surface area contributed by atoms with Crippen molar-refractivity contribution in [2.24, 2.45) is 17.4 Å². The van der Waals surface area contributed by atoms with Crippen LogP contribution in [-0.4, -0.2) is 92.9 Å². The Bertz CT molecular complexity index is 621. The fourth-order valence-corrected chi connectivity index (χ4v) is 3.35. The largest absolute Gasteiger partial charge is 0.477 e. The molecule has 0 aromatic rings. The molecule has 1 saturated heterocycles. The van der Waals surface area contributed by atoms with Crippen LogP contribution in [0.15, 0.2) is 0 Å². The first-order chi connectivity index (χ1) is 14.4. The van der Waals surface area contributed by atoms with Crippen molar-refractivity contribution in [3.05, 3.63) is 0 Å². The van der Waals surface area contributed by atoms with Gasteiger partial charge >= 0.3 is 11.9 Å². The standard InChI is InChI=1S/C18H33N3O10/c1-9(22)21-15(25)14-12(24)7-18(29,17(27)28)31-13(14)6-10(23)8-30-16(26)11(20)4-2-3-5-19/h10-15,23-25,29H,2-8,19-20H2,1H3,(H,21,22)(H,27,28)/t10-,11+,12?,13?,14?,15-,18?/m0/s1. The molecule has 180 valence electrons. The quantitative estimate of drug-likeness (QED) is 0.0829. The number of nitrogens with two attached hydrogens (primary N) is 2. The van der Waals surface area contributed by atoms with Gasteiger partial charge in [-0.1, -0.05) is 6.42 Å². The van der Waals surface area contributed by atoms with Crippen LogP contribution in [-0.2, 0) is 23.9 Å². The molecule has 0 saturated carbocycles. The number of rotatable bonds is 12. The van der Waals surface area contributed by atoms with Crippen LogP contribution in [0.4, 0.5) is 0 Å². The second-order valence-corrected chi connectivity index (χ2v) is 7.65. The number of aliphatic hydroxyl groups excluding tert-OH is 3. The van der Waals surface area contributed by atoms with Crippen molar-refractivity contribution in [2.75, 3.05) is 13.2 Å². The van der Waals surface area contributed by atoms with Crippen LogP contribution < -0.4 is 16.8 Å². The molecule has 1 heterocycles. The van der Waals surface area contributed by atoms with Crippen LogP contribution in [0.1, 0.15) is 39.0 Å². The molecule has 1 amide bonds. The van der Waals surface area contributed by atoms with Gasteiger partial charge in [-0.3, -0.25) is 9.59 Å². The molecule has 7 atom stereocenters. The Hall–Kier alpha value is -1.87. The molecule has 0 aromatic carbocycles. The van der Waals surface area contributed by atoms with Crippen LogP contribution in [0.5, 0.6) is 0 Å². The Kier molecular flexibility index (Phi) is 10.7. The third-order valence-electron chi connectivity index (χ3n) is 4.95. The summed E-state index contributed by atoms with van der Waals surface area (Å²) in [7, 11) is 0. The number of carbonyl (C=O) groups excluding carboxylic acids is 2. The number of carboxylic acid groups (broad SMARTS) is 1. The number of hydrogen-bond donors (Lipinski definition) is 8. The topological polar surface area (TPSA) is 235 Å². The first-order valence-electron chi connectivity index (χ1n) is 9.98. The smallest absolute Gasteiger partial charge is 0.364 e. The number of carbonyl (C=O) groups is 3. The fourth-order valence-electron chi connectivity index (χ4n) is 3.35. The van der Waals surface area contributed by atoms with Crippen molar-refractivity contribution >= 4 is 17.8 Å². The Morgan fingerprint density at radius 2 is 1.94 bits per heavy atom. The summed E-state index contributed by atoms with van der Waals surface area (Å²) in [5.41, 5.74) is 11.1. The zero-order valence-electron chi connectivity index (χ0n) is 17.3. The van der Waals surface area contributed by atoms with E-state index in [-0.39, 0.29) is 0 Å². The van der Waals surface area contributed by atoms with Gasteiger partial charge in [0.1, 0.15) is 18.9 Å². The van der Waals surface area contributed by atoms with E-state index in [0.717, 1.165) is 6.92 Å². The lowest BCUT2D eigenvalue weighted by Gasteiger charge is -2.44. The molecule has 10 N–H and O–H groups in total. The molecule has 1 aliphatic rings. The molecular weight excluding hydrogens is 418 g/mol. The van der Waals surface area contributed by atoms with Gasteiger partial charge in [-0.15, -0.1) is 0 Å². The zero-order chi connectivity index (χ0) is 23.8. The van der Waals surface area contributed by atoms with Gasteiger partial charge in [-0.05, 0) is 19.4 Å². The van der Waals surface area contributed by atoms with Crippen molar-refractivity contribution < 1.29 is 49.4 Å². The van der Waals surface area contributed by atoms with Gasteiger partial charge in [0.2, 0.25) is 5.91 Å². The fraction of sp³-hybridized carbons (Fsp3) is 0.833. The minimum absolute atomic E-state index is 0.348. The molecule has 0 spiro atoms. The monoisotopic (exact) mass is 451 g/mol. The zero-order valence-corrected chi connectivity index (χ0v) is 17.3. The molecule has 0 radical (unpaired) electrons. The minimum Gasteiger partial charge on any atom is -0.477 e. The van der Waals surface area contributed by atoms with Crippen LogP contribution in [0.2, 0.25) is 0 Å². The summed E-state index contributed by atoms with van der Waals surface area (Å²) in [4.78, 5) is 34.5. The van der Waals surface area contributed by atoms with Gasteiger partial charge in [0.05, 0.1) is 24.2 Å². The summed E-state index contributed by atoms with van der Waals surface area (Å²) in [6.07, 6.45) is -5.59. The van der Waals surface area contributed by atoms with Crippen molar-refractivity contribution in [1.82, 2.24) is 5.32 Å². The highest BCUT2D eigenvalue weighted by atomic mass is 16.7. The van der Waals surface area contributed by atoms with E-state index in [1.54, 1.807) is 0 Å². The Morgan fingerprint density at radius 1 is 1.29 bits per heavy atom. The van der Waals surface area contributed by atoms with Gasteiger partial charge in [0, 0.05) is 19.8 Å². The van der Waals surface area contributed by atoms with Gasteiger partial charge in [0.25, 0.3) is 5.79 Å². The highest BCUT2D eigenvalue weighted by Gasteiger charge is 2.53. The molecule has 0 bridgehead atoms. The number of amides is 1. The molecule has 4 unspecified atom stereocenters. The maximum Gasteiger partial charge on any atom is 0.364 e. The summed E-state index contributed by atoms with van der Waals surface area (Å²) in [6, 6.07) is -0.905. The number of ether oxygens (including phenoxy) is 2. The van der Waals surface area contributed by atoms with E-state index in [2.05, 4.69) is 5.32 Å². The number of carboxylic acids is 1. The number of unbranched alkanes of at least 4 members (excludes halogenated alkanes) is 1.